The monoisotopic (exact) mass is 367 g/mol. The average molecular weight is 367 g/mol. The molecule has 0 radical (unpaired) electrons. The van der Waals surface area contributed by atoms with Crippen molar-refractivity contribution in [2.24, 2.45) is 0 Å². The Morgan fingerprint density at radius 1 is 1.04 bits per heavy atom. The van der Waals surface area contributed by atoms with E-state index in [1.807, 2.05) is 36.4 Å². The van der Waals surface area contributed by atoms with Crippen LogP contribution in [0.4, 0.5) is 5.69 Å². The van der Waals surface area contributed by atoms with Crippen molar-refractivity contribution >= 4 is 11.6 Å². The summed E-state index contributed by atoms with van der Waals surface area (Å²) >= 11 is 0. The Balaban J connectivity index is 1.45. The van der Waals surface area contributed by atoms with E-state index in [1.54, 1.807) is 4.90 Å². The minimum Gasteiger partial charge on any atom is -0.492 e. The molecule has 5 nitrogen and oxygen atoms in total. The van der Waals surface area contributed by atoms with Gasteiger partial charge in [-0.2, -0.15) is 0 Å². The van der Waals surface area contributed by atoms with Gasteiger partial charge in [0.25, 0.3) is 11.7 Å². The van der Waals surface area contributed by atoms with E-state index >= 15 is 0 Å². The summed E-state index contributed by atoms with van der Waals surface area (Å²) < 4.78 is 17.3. The van der Waals surface area contributed by atoms with Gasteiger partial charge in [-0.15, -0.1) is 0 Å². The third-order valence-electron chi connectivity index (χ3n) is 5.07. The minimum absolute atomic E-state index is 0.111. The number of nitrogens with zero attached hydrogens (tertiary/aromatic N) is 1. The van der Waals surface area contributed by atoms with Crippen molar-refractivity contribution in [3.63, 3.8) is 0 Å². The molecule has 0 aliphatic carbocycles. The lowest BCUT2D eigenvalue weighted by molar-refractivity contribution is -0.180. The average Bonchev–Trinajstić information content (AvgIpc) is 3.23. The van der Waals surface area contributed by atoms with Crippen LogP contribution in [-0.2, 0) is 25.5 Å². The fraction of sp³-hybridized carbons (Fsp3) is 0.409. The van der Waals surface area contributed by atoms with Crippen LogP contribution < -0.4 is 9.64 Å². The maximum atomic E-state index is 13.0. The standard InChI is InChI=1S/C22H25NO4/c1-21(2,3)16-8-10-17(11-9-16)25-13-12-23-19-7-5-4-6-18(19)22(20(23)24)26-14-15-27-22/h4-11H,12-15H2,1-3H3. The number of fused-ring (bicyclic) bond motifs is 2. The number of rotatable bonds is 4. The molecule has 1 fully saturated rings. The van der Waals surface area contributed by atoms with E-state index in [9.17, 15) is 4.79 Å². The number of carbonyl (C=O) groups is 1. The Morgan fingerprint density at radius 3 is 2.37 bits per heavy atom. The van der Waals surface area contributed by atoms with Crippen molar-refractivity contribution in [3.05, 3.63) is 59.7 Å². The molecule has 0 bridgehead atoms. The second-order valence-corrected chi connectivity index (χ2v) is 7.91. The number of benzene rings is 2. The number of para-hydroxylation sites is 1. The van der Waals surface area contributed by atoms with Gasteiger partial charge in [0, 0.05) is 5.56 Å². The number of carbonyl (C=O) groups excluding carboxylic acids is 1. The molecule has 1 saturated heterocycles. The molecule has 0 unspecified atom stereocenters. The van der Waals surface area contributed by atoms with E-state index in [0.717, 1.165) is 17.0 Å². The summed E-state index contributed by atoms with van der Waals surface area (Å²) in [7, 11) is 0. The molecular formula is C22H25NO4. The maximum Gasteiger partial charge on any atom is 0.292 e. The largest absolute Gasteiger partial charge is 0.492 e. The van der Waals surface area contributed by atoms with Gasteiger partial charge in [0.1, 0.15) is 12.4 Å². The summed E-state index contributed by atoms with van der Waals surface area (Å²) in [4.78, 5) is 14.7. The number of amides is 1. The molecule has 2 heterocycles. The third-order valence-corrected chi connectivity index (χ3v) is 5.07. The molecule has 142 valence electrons. The molecule has 1 spiro atoms. The summed E-state index contributed by atoms with van der Waals surface area (Å²) in [5.74, 6) is -0.649. The Morgan fingerprint density at radius 2 is 1.70 bits per heavy atom. The van der Waals surface area contributed by atoms with E-state index in [1.165, 1.54) is 5.56 Å². The molecule has 5 heteroatoms. The molecule has 2 aromatic rings. The van der Waals surface area contributed by atoms with Crippen LogP contribution in [0.3, 0.4) is 0 Å². The van der Waals surface area contributed by atoms with Crippen LogP contribution in [0.1, 0.15) is 31.9 Å². The van der Waals surface area contributed by atoms with E-state index in [0.29, 0.717) is 26.4 Å². The van der Waals surface area contributed by atoms with Crippen LogP contribution in [0.15, 0.2) is 48.5 Å². The summed E-state index contributed by atoms with van der Waals surface area (Å²) in [5.41, 5.74) is 2.98. The number of hydrogen-bond donors (Lipinski definition) is 0. The highest BCUT2D eigenvalue weighted by Crippen LogP contribution is 2.45. The zero-order chi connectivity index (χ0) is 19.1. The number of hydrogen-bond acceptors (Lipinski definition) is 4. The van der Waals surface area contributed by atoms with Gasteiger partial charge < -0.3 is 19.1 Å². The summed E-state index contributed by atoms with van der Waals surface area (Å²) in [6.45, 7) is 8.22. The topological polar surface area (TPSA) is 48.0 Å². The van der Waals surface area contributed by atoms with E-state index in [-0.39, 0.29) is 11.3 Å². The highest BCUT2D eigenvalue weighted by Gasteiger charge is 2.55. The smallest absolute Gasteiger partial charge is 0.292 e. The molecule has 0 saturated carbocycles. The molecule has 4 rings (SSSR count). The van der Waals surface area contributed by atoms with Crippen molar-refractivity contribution in [2.75, 3.05) is 31.3 Å². The van der Waals surface area contributed by atoms with Crippen LogP contribution in [0, 0.1) is 0 Å². The highest BCUT2D eigenvalue weighted by molar-refractivity contribution is 6.06. The van der Waals surface area contributed by atoms with Gasteiger partial charge in [-0.3, -0.25) is 4.79 Å². The quantitative estimate of drug-likeness (QED) is 0.828. The van der Waals surface area contributed by atoms with Crippen LogP contribution in [0.25, 0.3) is 0 Å². The van der Waals surface area contributed by atoms with Crippen molar-refractivity contribution < 1.29 is 19.0 Å². The zero-order valence-electron chi connectivity index (χ0n) is 16.0. The third kappa shape index (κ3) is 3.11. The van der Waals surface area contributed by atoms with Crippen molar-refractivity contribution in [2.45, 2.75) is 32.0 Å². The molecule has 27 heavy (non-hydrogen) atoms. The Labute approximate surface area is 159 Å². The first-order valence-corrected chi connectivity index (χ1v) is 9.34. The Bertz CT molecular complexity index is 832. The summed E-state index contributed by atoms with van der Waals surface area (Å²) in [5, 5.41) is 0. The zero-order valence-corrected chi connectivity index (χ0v) is 16.0. The molecule has 2 aromatic carbocycles. The molecule has 1 amide bonds. The lowest BCUT2D eigenvalue weighted by Crippen LogP contribution is -2.42. The van der Waals surface area contributed by atoms with Crippen LogP contribution >= 0.6 is 0 Å². The van der Waals surface area contributed by atoms with Crippen molar-refractivity contribution in [1.82, 2.24) is 0 Å². The van der Waals surface area contributed by atoms with Gasteiger partial charge in [0.2, 0.25) is 0 Å². The predicted molar refractivity (Wildman–Crippen MR) is 103 cm³/mol. The van der Waals surface area contributed by atoms with Gasteiger partial charge in [-0.05, 0) is 29.2 Å². The Hall–Kier alpha value is -2.37. The first kappa shape index (κ1) is 18.0. The lowest BCUT2D eigenvalue weighted by atomic mass is 9.87. The van der Waals surface area contributed by atoms with Gasteiger partial charge in [-0.1, -0.05) is 51.1 Å². The van der Waals surface area contributed by atoms with Crippen LogP contribution in [-0.4, -0.2) is 32.3 Å². The summed E-state index contributed by atoms with van der Waals surface area (Å²) in [6, 6.07) is 15.8. The van der Waals surface area contributed by atoms with Gasteiger partial charge in [0.05, 0.1) is 25.4 Å². The van der Waals surface area contributed by atoms with Gasteiger partial charge in [0.15, 0.2) is 0 Å². The first-order chi connectivity index (χ1) is 12.9. The van der Waals surface area contributed by atoms with Crippen LogP contribution in [0.5, 0.6) is 5.75 Å². The van der Waals surface area contributed by atoms with E-state index in [4.69, 9.17) is 14.2 Å². The number of ether oxygens (including phenoxy) is 3. The van der Waals surface area contributed by atoms with E-state index < -0.39 is 5.79 Å². The molecule has 2 aliphatic rings. The number of anilines is 1. The first-order valence-electron chi connectivity index (χ1n) is 9.34. The second-order valence-electron chi connectivity index (χ2n) is 7.91. The second kappa shape index (κ2) is 6.66. The fourth-order valence-corrected chi connectivity index (χ4v) is 3.61. The predicted octanol–water partition coefficient (Wildman–Crippen LogP) is 3.61. The lowest BCUT2D eigenvalue weighted by Gasteiger charge is -2.22. The van der Waals surface area contributed by atoms with Crippen LogP contribution in [0.2, 0.25) is 0 Å². The summed E-state index contributed by atoms with van der Waals surface area (Å²) in [6.07, 6.45) is 0. The normalized spacial score (nSPS) is 18.2. The van der Waals surface area contributed by atoms with Crippen molar-refractivity contribution in [3.8, 4) is 5.75 Å². The molecule has 0 atom stereocenters. The molecular weight excluding hydrogens is 342 g/mol. The van der Waals surface area contributed by atoms with Crippen molar-refractivity contribution in [1.29, 1.82) is 0 Å². The molecule has 0 aromatic heterocycles. The molecule has 0 N–H and O–H groups in total. The Kier molecular flexibility index (Phi) is 4.44. The minimum atomic E-state index is -1.27. The van der Waals surface area contributed by atoms with Gasteiger partial charge >= 0.3 is 0 Å². The molecule has 2 aliphatic heterocycles. The SMILES string of the molecule is CC(C)(C)c1ccc(OCCN2C(=O)C3(OCCO3)c3ccccc32)cc1. The maximum absolute atomic E-state index is 13.0. The highest BCUT2D eigenvalue weighted by atomic mass is 16.7. The fourth-order valence-electron chi connectivity index (χ4n) is 3.61. The van der Waals surface area contributed by atoms with E-state index in [2.05, 4.69) is 32.9 Å². The van der Waals surface area contributed by atoms with Gasteiger partial charge in [-0.25, -0.2) is 0 Å².